The van der Waals surface area contributed by atoms with Crippen molar-refractivity contribution >= 4 is 21.8 Å². The van der Waals surface area contributed by atoms with E-state index in [-0.39, 0.29) is 10.7 Å². The number of rotatable bonds is 8. The molecule has 0 aromatic carbocycles. The van der Waals surface area contributed by atoms with Crippen molar-refractivity contribution in [3.05, 3.63) is 0 Å². The smallest absolute Gasteiger partial charge is 0.233 e. The summed E-state index contributed by atoms with van der Waals surface area (Å²) in [6.45, 7) is 4.36. The van der Waals surface area contributed by atoms with Crippen LogP contribution in [0.5, 0.6) is 0 Å². The third-order valence-corrected chi connectivity index (χ3v) is 3.52. The number of carbonyl (C=O) groups is 1. The number of carbonyl (C=O) groups excluding carboxylic acids is 1. The summed E-state index contributed by atoms with van der Waals surface area (Å²) in [5.41, 5.74) is 0. The molecule has 0 bridgehead atoms. The van der Waals surface area contributed by atoms with Gasteiger partial charge in [-0.2, -0.15) is 0 Å². The molecule has 0 radical (unpaired) electrons. The Kier molecular flexibility index (Phi) is 6.25. The van der Waals surface area contributed by atoms with Crippen LogP contribution in [0.25, 0.3) is 0 Å². The van der Waals surface area contributed by atoms with Gasteiger partial charge in [-0.1, -0.05) is 22.9 Å². The lowest BCUT2D eigenvalue weighted by atomic mass is 10.3. The Balaban J connectivity index is 1.84. The first-order valence-corrected chi connectivity index (χ1v) is 6.65. The summed E-state index contributed by atoms with van der Waals surface area (Å²) in [6, 6.07) is 0. The van der Waals surface area contributed by atoms with Gasteiger partial charge in [0.2, 0.25) is 5.91 Å². The van der Waals surface area contributed by atoms with Crippen LogP contribution in [0.3, 0.4) is 0 Å². The van der Waals surface area contributed by atoms with Crippen molar-refractivity contribution in [1.82, 2.24) is 5.32 Å². The zero-order valence-electron chi connectivity index (χ0n) is 9.30. The van der Waals surface area contributed by atoms with E-state index in [1.807, 2.05) is 6.92 Å². The third-order valence-electron chi connectivity index (χ3n) is 2.46. The van der Waals surface area contributed by atoms with Gasteiger partial charge in [0.05, 0.1) is 4.83 Å². The molecule has 1 atom stereocenters. The lowest BCUT2D eigenvalue weighted by molar-refractivity contribution is -0.120. The maximum absolute atomic E-state index is 11.3. The van der Waals surface area contributed by atoms with Crippen molar-refractivity contribution in [2.45, 2.75) is 37.4 Å². The minimum atomic E-state index is -0.0510. The molecule has 4 heteroatoms. The molecule has 1 fully saturated rings. The Morgan fingerprint density at radius 1 is 1.60 bits per heavy atom. The van der Waals surface area contributed by atoms with Crippen molar-refractivity contribution in [2.75, 3.05) is 19.8 Å². The lowest BCUT2D eigenvalue weighted by Crippen LogP contribution is -2.31. The highest BCUT2D eigenvalue weighted by molar-refractivity contribution is 9.10. The monoisotopic (exact) mass is 277 g/mol. The van der Waals surface area contributed by atoms with Crippen LogP contribution in [0.1, 0.15) is 32.6 Å². The van der Waals surface area contributed by atoms with Gasteiger partial charge in [0.15, 0.2) is 0 Å². The van der Waals surface area contributed by atoms with Gasteiger partial charge in [0, 0.05) is 19.8 Å². The highest BCUT2D eigenvalue weighted by Gasteiger charge is 2.20. The molecule has 0 spiro atoms. The maximum Gasteiger partial charge on any atom is 0.233 e. The average Bonchev–Trinajstić information content (AvgIpc) is 3.05. The molecule has 0 saturated heterocycles. The van der Waals surface area contributed by atoms with Gasteiger partial charge in [-0.25, -0.2) is 0 Å². The SMILES string of the molecule is CCC(Br)C(=O)NCCCOCC1CC1. The van der Waals surface area contributed by atoms with Gasteiger partial charge in [0.25, 0.3) is 0 Å². The van der Waals surface area contributed by atoms with Crippen LogP contribution in [0.4, 0.5) is 0 Å². The van der Waals surface area contributed by atoms with Gasteiger partial charge in [0.1, 0.15) is 0 Å². The van der Waals surface area contributed by atoms with Crippen LogP contribution in [0, 0.1) is 5.92 Å². The van der Waals surface area contributed by atoms with Crippen LogP contribution in [-0.4, -0.2) is 30.5 Å². The van der Waals surface area contributed by atoms with Crippen molar-refractivity contribution in [1.29, 1.82) is 0 Å². The molecule has 0 aromatic heterocycles. The molecule has 1 amide bonds. The average molecular weight is 278 g/mol. The highest BCUT2D eigenvalue weighted by atomic mass is 79.9. The van der Waals surface area contributed by atoms with Crippen molar-refractivity contribution in [3.63, 3.8) is 0 Å². The van der Waals surface area contributed by atoms with Crippen molar-refractivity contribution in [2.24, 2.45) is 5.92 Å². The minimum Gasteiger partial charge on any atom is -0.381 e. The number of ether oxygens (including phenoxy) is 1. The van der Waals surface area contributed by atoms with E-state index in [1.165, 1.54) is 12.8 Å². The largest absolute Gasteiger partial charge is 0.381 e. The van der Waals surface area contributed by atoms with E-state index in [1.54, 1.807) is 0 Å². The summed E-state index contributed by atoms with van der Waals surface area (Å²) in [6.07, 6.45) is 4.39. The molecular formula is C11H20BrNO2. The van der Waals surface area contributed by atoms with Gasteiger partial charge < -0.3 is 10.1 Å². The lowest BCUT2D eigenvalue weighted by Gasteiger charge is -2.08. The third kappa shape index (κ3) is 6.15. The fraction of sp³-hybridized carbons (Fsp3) is 0.909. The second kappa shape index (κ2) is 7.23. The summed E-state index contributed by atoms with van der Waals surface area (Å²) in [4.78, 5) is 11.3. The fourth-order valence-electron chi connectivity index (χ4n) is 1.22. The van der Waals surface area contributed by atoms with Crippen LogP contribution in [0.2, 0.25) is 0 Å². The number of alkyl halides is 1. The molecule has 0 aromatic rings. The van der Waals surface area contributed by atoms with E-state index in [0.717, 1.165) is 32.0 Å². The number of hydrogen-bond acceptors (Lipinski definition) is 2. The van der Waals surface area contributed by atoms with Crippen molar-refractivity contribution < 1.29 is 9.53 Å². The number of nitrogens with one attached hydrogen (secondary N) is 1. The summed E-state index contributed by atoms with van der Waals surface area (Å²) in [5.74, 6) is 0.909. The molecule has 0 aliphatic heterocycles. The van der Waals surface area contributed by atoms with Gasteiger partial charge >= 0.3 is 0 Å². The van der Waals surface area contributed by atoms with E-state index in [2.05, 4.69) is 21.2 Å². The van der Waals surface area contributed by atoms with E-state index < -0.39 is 0 Å². The second-order valence-corrected chi connectivity index (χ2v) is 5.14. The summed E-state index contributed by atoms with van der Waals surface area (Å²) < 4.78 is 5.46. The first-order valence-electron chi connectivity index (χ1n) is 5.73. The van der Waals surface area contributed by atoms with E-state index >= 15 is 0 Å². The molecule has 88 valence electrons. The zero-order valence-corrected chi connectivity index (χ0v) is 10.9. The predicted molar refractivity (Wildman–Crippen MR) is 64.2 cm³/mol. The Morgan fingerprint density at radius 3 is 2.93 bits per heavy atom. The molecule has 3 nitrogen and oxygen atoms in total. The topological polar surface area (TPSA) is 38.3 Å². The number of hydrogen-bond donors (Lipinski definition) is 1. The molecule has 1 N–H and O–H groups in total. The fourth-order valence-corrected chi connectivity index (χ4v) is 1.38. The first kappa shape index (κ1) is 13.0. The maximum atomic E-state index is 11.3. The van der Waals surface area contributed by atoms with Crippen LogP contribution >= 0.6 is 15.9 Å². The van der Waals surface area contributed by atoms with E-state index in [0.29, 0.717) is 6.54 Å². The van der Waals surface area contributed by atoms with Crippen LogP contribution < -0.4 is 5.32 Å². The molecular weight excluding hydrogens is 258 g/mol. The molecule has 1 aliphatic carbocycles. The summed E-state index contributed by atoms with van der Waals surface area (Å²) in [7, 11) is 0. The molecule has 15 heavy (non-hydrogen) atoms. The number of halogens is 1. The standard InChI is InChI=1S/C11H20BrNO2/c1-2-10(12)11(14)13-6-3-7-15-8-9-4-5-9/h9-10H,2-8H2,1H3,(H,13,14). The highest BCUT2D eigenvalue weighted by Crippen LogP contribution is 2.28. The van der Waals surface area contributed by atoms with E-state index in [4.69, 9.17) is 4.74 Å². The molecule has 1 aliphatic rings. The normalized spacial score (nSPS) is 17.5. The molecule has 1 saturated carbocycles. The van der Waals surface area contributed by atoms with Gasteiger partial charge in [-0.05, 0) is 31.6 Å². The van der Waals surface area contributed by atoms with Crippen molar-refractivity contribution in [3.8, 4) is 0 Å². The van der Waals surface area contributed by atoms with E-state index in [9.17, 15) is 4.79 Å². The first-order chi connectivity index (χ1) is 7.24. The number of amides is 1. The minimum absolute atomic E-state index is 0.0510. The predicted octanol–water partition coefficient (Wildman–Crippen LogP) is 2.09. The summed E-state index contributed by atoms with van der Waals surface area (Å²) in [5, 5.41) is 2.87. The van der Waals surface area contributed by atoms with Crippen LogP contribution in [0.15, 0.2) is 0 Å². The summed E-state index contributed by atoms with van der Waals surface area (Å²) >= 11 is 3.31. The van der Waals surface area contributed by atoms with Crippen LogP contribution in [-0.2, 0) is 9.53 Å². The zero-order chi connectivity index (χ0) is 11.1. The Bertz CT molecular complexity index is 195. The molecule has 1 unspecified atom stereocenters. The second-order valence-electron chi connectivity index (χ2n) is 4.04. The Labute approximate surface area is 100 Å². The Morgan fingerprint density at radius 2 is 2.33 bits per heavy atom. The quantitative estimate of drug-likeness (QED) is 0.545. The molecule has 1 rings (SSSR count). The Hall–Kier alpha value is -0.0900. The molecule has 0 heterocycles. The van der Waals surface area contributed by atoms with Gasteiger partial charge in [-0.3, -0.25) is 4.79 Å². The van der Waals surface area contributed by atoms with Gasteiger partial charge in [-0.15, -0.1) is 0 Å².